The second-order valence-corrected chi connectivity index (χ2v) is 4.96. The lowest BCUT2D eigenvalue weighted by molar-refractivity contribution is -0.141. The summed E-state index contributed by atoms with van der Waals surface area (Å²) >= 11 is 0. The number of aromatic nitrogens is 1. The molecule has 2 atom stereocenters. The topological polar surface area (TPSA) is 68.0 Å². The Morgan fingerprint density at radius 2 is 2.00 bits per heavy atom. The van der Waals surface area contributed by atoms with Crippen molar-refractivity contribution < 1.29 is 18.0 Å². The third kappa shape index (κ3) is 3.47. The fourth-order valence-electron chi connectivity index (χ4n) is 2.29. The average Bonchev–Trinajstić information content (AvgIpc) is 2.40. The van der Waals surface area contributed by atoms with Crippen molar-refractivity contribution in [2.75, 3.05) is 0 Å². The monoisotopic (exact) mass is 287 g/mol. The number of rotatable bonds is 2. The fraction of sp³-hybridized carbons (Fsp3) is 0.538. The van der Waals surface area contributed by atoms with Crippen LogP contribution >= 0.6 is 0 Å². The molecular weight excluding hydrogens is 271 g/mol. The Bertz CT molecular complexity index is 473. The van der Waals surface area contributed by atoms with Crippen molar-refractivity contribution in [1.82, 2.24) is 10.3 Å². The molecule has 1 aromatic heterocycles. The van der Waals surface area contributed by atoms with Crippen LogP contribution in [0.3, 0.4) is 0 Å². The molecule has 0 spiro atoms. The molecule has 1 aromatic rings. The molecule has 0 bridgehead atoms. The molecule has 20 heavy (non-hydrogen) atoms. The quantitative estimate of drug-likeness (QED) is 0.875. The van der Waals surface area contributed by atoms with Gasteiger partial charge in [0.1, 0.15) is 5.69 Å². The third-order valence-corrected chi connectivity index (χ3v) is 3.45. The van der Waals surface area contributed by atoms with Gasteiger partial charge in [-0.25, -0.2) is 0 Å². The van der Waals surface area contributed by atoms with E-state index in [0.717, 1.165) is 44.0 Å². The molecule has 110 valence electrons. The standard InChI is InChI=1S/C13H16F3N3O/c14-13(15,16)11-6-5-8(7-18-11)12(20)19-10-4-2-1-3-9(10)17/h5-7,9-10H,1-4,17H2,(H,19,20). The number of hydrogen-bond donors (Lipinski definition) is 2. The van der Waals surface area contributed by atoms with Gasteiger partial charge in [-0.1, -0.05) is 12.8 Å². The van der Waals surface area contributed by atoms with Crippen LogP contribution in [0.25, 0.3) is 0 Å². The SMILES string of the molecule is NC1CCCCC1NC(=O)c1ccc(C(F)(F)F)nc1. The Hall–Kier alpha value is -1.63. The summed E-state index contributed by atoms with van der Waals surface area (Å²) < 4.78 is 37.1. The Labute approximate surface area is 114 Å². The van der Waals surface area contributed by atoms with Gasteiger partial charge in [-0.05, 0) is 25.0 Å². The van der Waals surface area contributed by atoms with Crippen LogP contribution in [-0.2, 0) is 6.18 Å². The number of alkyl halides is 3. The Balaban J connectivity index is 2.02. The van der Waals surface area contributed by atoms with Gasteiger partial charge in [0.05, 0.1) is 5.56 Å². The molecule has 1 heterocycles. The highest BCUT2D eigenvalue weighted by molar-refractivity contribution is 5.94. The van der Waals surface area contributed by atoms with E-state index in [0.29, 0.717) is 0 Å². The predicted octanol–water partition coefficient (Wildman–Crippen LogP) is 2.10. The molecule has 1 saturated carbocycles. The molecule has 4 nitrogen and oxygen atoms in total. The molecule has 0 saturated heterocycles. The molecule has 0 radical (unpaired) electrons. The number of pyridine rings is 1. The van der Waals surface area contributed by atoms with E-state index in [9.17, 15) is 18.0 Å². The molecule has 0 aliphatic heterocycles. The van der Waals surface area contributed by atoms with Gasteiger partial charge in [0.2, 0.25) is 0 Å². The number of amides is 1. The largest absolute Gasteiger partial charge is 0.433 e. The normalized spacial score (nSPS) is 23.4. The van der Waals surface area contributed by atoms with Gasteiger partial charge in [-0.3, -0.25) is 9.78 Å². The maximum absolute atomic E-state index is 12.4. The Morgan fingerprint density at radius 3 is 2.55 bits per heavy atom. The van der Waals surface area contributed by atoms with E-state index in [1.807, 2.05) is 0 Å². The van der Waals surface area contributed by atoms with E-state index >= 15 is 0 Å². The van der Waals surface area contributed by atoms with Crippen molar-refractivity contribution in [2.45, 2.75) is 43.9 Å². The number of halogens is 3. The zero-order valence-electron chi connectivity index (χ0n) is 10.8. The van der Waals surface area contributed by atoms with Gasteiger partial charge in [-0.15, -0.1) is 0 Å². The molecule has 1 aliphatic carbocycles. The van der Waals surface area contributed by atoms with E-state index in [2.05, 4.69) is 10.3 Å². The Morgan fingerprint density at radius 1 is 1.30 bits per heavy atom. The first-order valence-electron chi connectivity index (χ1n) is 6.47. The first-order chi connectivity index (χ1) is 9.38. The first-order valence-corrected chi connectivity index (χ1v) is 6.47. The summed E-state index contributed by atoms with van der Waals surface area (Å²) in [5.74, 6) is -0.437. The molecule has 1 amide bonds. The summed E-state index contributed by atoms with van der Waals surface area (Å²) in [6.07, 6.45) is 0.101. The number of carbonyl (C=O) groups is 1. The minimum Gasteiger partial charge on any atom is -0.348 e. The highest BCUT2D eigenvalue weighted by Crippen LogP contribution is 2.27. The summed E-state index contributed by atoms with van der Waals surface area (Å²) in [5, 5.41) is 2.76. The van der Waals surface area contributed by atoms with Crippen LogP contribution in [0, 0.1) is 0 Å². The zero-order chi connectivity index (χ0) is 14.8. The molecule has 2 rings (SSSR count). The maximum atomic E-state index is 12.4. The molecule has 1 fully saturated rings. The van der Waals surface area contributed by atoms with Gasteiger partial charge in [0, 0.05) is 18.3 Å². The first kappa shape index (κ1) is 14.8. The van der Waals surface area contributed by atoms with Crippen LogP contribution in [0.4, 0.5) is 13.2 Å². The lowest BCUT2D eigenvalue weighted by Gasteiger charge is -2.29. The van der Waals surface area contributed by atoms with Crippen LogP contribution in [-0.4, -0.2) is 23.0 Å². The summed E-state index contributed by atoms with van der Waals surface area (Å²) in [6.45, 7) is 0. The van der Waals surface area contributed by atoms with Gasteiger partial charge in [-0.2, -0.15) is 13.2 Å². The maximum Gasteiger partial charge on any atom is 0.433 e. The van der Waals surface area contributed by atoms with Gasteiger partial charge < -0.3 is 11.1 Å². The van der Waals surface area contributed by atoms with E-state index in [1.165, 1.54) is 0 Å². The molecular formula is C13H16F3N3O. The van der Waals surface area contributed by atoms with Gasteiger partial charge in [0.25, 0.3) is 5.91 Å². The minimum absolute atomic E-state index is 0.102. The van der Waals surface area contributed by atoms with Crippen molar-refractivity contribution in [3.63, 3.8) is 0 Å². The van der Waals surface area contributed by atoms with Crippen molar-refractivity contribution in [2.24, 2.45) is 5.73 Å². The summed E-state index contributed by atoms with van der Waals surface area (Å²) in [5.41, 5.74) is 5.00. The van der Waals surface area contributed by atoms with Crippen molar-refractivity contribution in [3.8, 4) is 0 Å². The number of nitrogens with zero attached hydrogens (tertiary/aromatic N) is 1. The Kier molecular flexibility index (Phi) is 4.27. The smallest absolute Gasteiger partial charge is 0.348 e. The highest BCUT2D eigenvalue weighted by atomic mass is 19.4. The van der Waals surface area contributed by atoms with Crippen LogP contribution in [0.5, 0.6) is 0 Å². The van der Waals surface area contributed by atoms with E-state index in [1.54, 1.807) is 0 Å². The van der Waals surface area contributed by atoms with Gasteiger partial charge >= 0.3 is 6.18 Å². The van der Waals surface area contributed by atoms with Crippen LogP contribution < -0.4 is 11.1 Å². The van der Waals surface area contributed by atoms with Crippen molar-refractivity contribution in [3.05, 3.63) is 29.6 Å². The summed E-state index contributed by atoms with van der Waals surface area (Å²) in [4.78, 5) is 15.2. The number of hydrogen-bond acceptors (Lipinski definition) is 3. The van der Waals surface area contributed by atoms with Gasteiger partial charge in [0.15, 0.2) is 0 Å². The average molecular weight is 287 g/mol. The summed E-state index contributed by atoms with van der Waals surface area (Å²) in [7, 11) is 0. The van der Waals surface area contributed by atoms with E-state index in [-0.39, 0.29) is 17.6 Å². The van der Waals surface area contributed by atoms with Crippen molar-refractivity contribution in [1.29, 1.82) is 0 Å². The molecule has 2 unspecified atom stereocenters. The fourth-order valence-corrected chi connectivity index (χ4v) is 2.29. The summed E-state index contributed by atoms with van der Waals surface area (Å²) in [6, 6.07) is 1.70. The second kappa shape index (κ2) is 5.78. The molecule has 1 aliphatic rings. The lowest BCUT2D eigenvalue weighted by Crippen LogP contribution is -2.49. The number of nitrogens with two attached hydrogens (primary N) is 1. The van der Waals surface area contributed by atoms with E-state index in [4.69, 9.17) is 5.73 Å². The predicted molar refractivity (Wildman–Crippen MR) is 66.9 cm³/mol. The van der Waals surface area contributed by atoms with E-state index < -0.39 is 17.8 Å². The zero-order valence-corrected chi connectivity index (χ0v) is 10.8. The molecule has 3 N–H and O–H groups in total. The minimum atomic E-state index is -4.50. The third-order valence-electron chi connectivity index (χ3n) is 3.45. The van der Waals surface area contributed by atoms with Crippen LogP contribution in [0.2, 0.25) is 0 Å². The second-order valence-electron chi connectivity index (χ2n) is 4.96. The lowest BCUT2D eigenvalue weighted by atomic mass is 9.91. The number of carbonyl (C=O) groups excluding carboxylic acids is 1. The van der Waals surface area contributed by atoms with Crippen LogP contribution in [0.15, 0.2) is 18.3 Å². The number of nitrogens with one attached hydrogen (secondary N) is 1. The molecule has 7 heteroatoms. The van der Waals surface area contributed by atoms with Crippen molar-refractivity contribution >= 4 is 5.91 Å². The molecule has 0 aromatic carbocycles. The van der Waals surface area contributed by atoms with Crippen LogP contribution in [0.1, 0.15) is 41.7 Å². The highest BCUT2D eigenvalue weighted by Gasteiger charge is 2.32.